The molecule has 1 N–H and O–H groups in total. The van der Waals surface area contributed by atoms with Crippen LogP contribution in [0.25, 0.3) is 11.3 Å². The minimum atomic E-state index is -1.28. The van der Waals surface area contributed by atoms with Crippen LogP contribution in [0, 0.1) is 11.6 Å². The number of halogens is 3. The molecule has 20 heavy (non-hydrogen) atoms. The molecular formula is C12H9BrF2N2O3. The molecule has 0 aliphatic rings. The highest BCUT2D eigenvalue weighted by atomic mass is 79.9. The Labute approximate surface area is 120 Å². The quantitative estimate of drug-likeness (QED) is 0.868. The lowest BCUT2D eigenvalue weighted by Gasteiger charge is -2.10. The summed E-state index contributed by atoms with van der Waals surface area (Å²) in [6.07, 6.45) is 0. The van der Waals surface area contributed by atoms with Gasteiger partial charge in [-0.3, -0.25) is 4.68 Å². The van der Waals surface area contributed by atoms with Gasteiger partial charge in [0.2, 0.25) is 0 Å². The number of carbonyl (C=O) groups is 1. The molecule has 0 aliphatic heterocycles. The van der Waals surface area contributed by atoms with Crippen LogP contribution in [0.15, 0.2) is 16.6 Å². The predicted molar refractivity (Wildman–Crippen MR) is 69.8 cm³/mol. The molecule has 0 radical (unpaired) electrons. The van der Waals surface area contributed by atoms with Gasteiger partial charge in [-0.25, -0.2) is 13.6 Å². The van der Waals surface area contributed by atoms with Crippen molar-refractivity contribution in [2.24, 2.45) is 7.05 Å². The zero-order chi connectivity index (χ0) is 15.0. The number of hydrogen-bond acceptors (Lipinski definition) is 3. The van der Waals surface area contributed by atoms with Gasteiger partial charge in [0.1, 0.15) is 11.6 Å². The van der Waals surface area contributed by atoms with E-state index in [1.54, 1.807) is 0 Å². The van der Waals surface area contributed by atoms with Gasteiger partial charge in [0.05, 0.1) is 22.8 Å². The van der Waals surface area contributed by atoms with Crippen LogP contribution in [-0.2, 0) is 7.05 Å². The summed E-state index contributed by atoms with van der Waals surface area (Å²) in [7, 11) is 2.68. The summed E-state index contributed by atoms with van der Waals surface area (Å²) in [5.41, 5.74) is -0.658. The standard InChI is InChI=1S/C12H9BrF2N2O3/c1-17-7(4-6(16-17)12(18)19)9-5(14)3-8(20-2)10(13)11(9)15/h3-4H,1-2H3,(H,18,19). The van der Waals surface area contributed by atoms with Crippen molar-refractivity contribution >= 4 is 21.9 Å². The summed E-state index contributed by atoms with van der Waals surface area (Å²) in [6, 6.07) is 2.11. The lowest BCUT2D eigenvalue weighted by molar-refractivity contribution is 0.0689. The number of ether oxygens (including phenoxy) is 1. The molecule has 5 nitrogen and oxygen atoms in total. The van der Waals surface area contributed by atoms with E-state index < -0.39 is 17.6 Å². The molecule has 0 fully saturated rings. The number of aromatic carboxylic acids is 1. The third-order valence-electron chi connectivity index (χ3n) is 2.70. The molecule has 1 aromatic carbocycles. The Hall–Kier alpha value is -1.96. The Bertz CT molecular complexity index is 700. The van der Waals surface area contributed by atoms with Crippen LogP contribution in [0.5, 0.6) is 5.75 Å². The molecule has 1 heterocycles. The Morgan fingerprint density at radius 2 is 2.10 bits per heavy atom. The van der Waals surface area contributed by atoms with E-state index in [1.165, 1.54) is 14.2 Å². The maximum Gasteiger partial charge on any atom is 0.356 e. The minimum Gasteiger partial charge on any atom is -0.495 e. The third-order valence-corrected chi connectivity index (χ3v) is 3.44. The zero-order valence-electron chi connectivity index (χ0n) is 10.4. The molecule has 1 aromatic heterocycles. The van der Waals surface area contributed by atoms with Crippen LogP contribution in [0.2, 0.25) is 0 Å². The average Bonchev–Trinajstić information content (AvgIpc) is 2.76. The van der Waals surface area contributed by atoms with Crippen LogP contribution in [-0.4, -0.2) is 28.0 Å². The number of aromatic nitrogens is 2. The van der Waals surface area contributed by atoms with E-state index in [2.05, 4.69) is 21.0 Å². The fourth-order valence-corrected chi connectivity index (χ4v) is 2.24. The summed E-state index contributed by atoms with van der Waals surface area (Å²) >= 11 is 2.97. The lowest BCUT2D eigenvalue weighted by atomic mass is 10.1. The van der Waals surface area contributed by atoms with Crippen molar-refractivity contribution in [3.8, 4) is 17.0 Å². The highest BCUT2D eigenvalue weighted by Gasteiger charge is 2.23. The molecule has 0 saturated carbocycles. The molecule has 2 rings (SSSR count). The van der Waals surface area contributed by atoms with Crippen molar-refractivity contribution < 1.29 is 23.4 Å². The van der Waals surface area contributed by atoms with Crippen molar-refractivity contribution in [2.45, 2.75) is 0 Å². The summed E-state index contributed by atoms with van der Waals surface area (Å²) in [5, 5.41) is 12.5. The van der Waals surface area contributed by atoms with Gasteiger partial charge in [-0.05, 0) is 22.0 Å². The average molecular weight is 347 g/mol. The van der Waals surface area contributed by atoms with E-state index in [1.807, 2.05) is 0 Å². The van der Waals surface area contributed by atoms with Gasteiger partial charge < -0.3 is 9.84 Å². The SMILES string of the molecule is COc1cc(F)c(-c2cc(C(=O)O)nn2C)c(F)c1Br. The number of methoxy groups -OCH3 is 1. The first kappa shape index (κ1) is 14.4. The first-order valence-corrected chi connectivity index (χ1v) is 6.15. The Balaban J connectivity index is 2.70. The molecule has 2 aromatic rings. The van der Waals surface area contributed by atoms with Crippen LogP contribution in [0.3, 0.4) is 0 Å². The number of benzene rings is 1. The van der Waals surface area contributed by atoms with E-state index in [9.17, 15) is 13.6 Å². The minimum absolute atomic E-state index is 0.00405. The summed E-state index contributed by atoms with van der Waals surface area (Å²) < 4.78 is 34.1. The predicted octanol–water partition coefficient (Wildman–Crippen LogP) is 2.83. The molecule has 0 atom stereocenters. The van der Waals surface area contributed by atoms with Crippen LogP contribution >= 0.6 is 15.9 Å². The largest absolute Gasteiger partial charge is 0.495 e. The topological polar surface area (TPSA) is 64.3 Å². The molecular weight excluding hydrogens is 338 g/mol. The summed E-state index contributed by atoms with van der Waals surface area (Å²) in [4.78, 5) is 10.8. The Morgan fingerprint density at radius 3 is 2.60 bits per heavy atom. The van der Waals surface area contributed by atoms with Gasteiger partial charge in [0.15, 0.2) is 11.5 Å². The normalized spacial score (nSPS) is 10.7. The number of nitrogens with zero attached hydrogens (tertiary/aromatic N) is 2. The summed E-state index contributed by atoms with van der Waals surface area (Å²) in [5.74, 6) is -3.03. The maximum atomic E-state index is 14.2. The maximum absolute atomic E-state index is 14.2. The highest BCUT2D eigenvalue weighted by molar-refractivity contribution is 9.10. The van der Waals surface area contributed by atoms with Crippen LogP contribution in [0.4, 0.5) is 8.78 Å². The van der Waals surface area contributed by atoms with E-state index in [-0.39, 0.29) is 27.2 Å². The molecule has 0 amide bonds. The van der Waals surface area contributed by atoms with Gasteiger partial charge >= 0.3 is 5.97 Å². The second kappa shape index (κ2) is 5.20. The monoisotopic (exact) mass is 346 g/mol. The van der Waals surface area contributed by atoms with E-state index in [0.717, 1.165) is 16.8 Å². The van der Waals surface area contributed by atoms with Gasteiger partial charge in [0, 0.05) is 13.1 Å². The van der Waals surface area contributed by atoms with Crippen molar-refractivity contribution in [3.63, 3.8) is 0 Å². The first-order chi connectivity index (χ1) is 9.36. The zero-order valence-corrected chi connectivity index (χ0v) is 12.0. The molecule has 8 heteroatoms. The van der Waals surface area contributed by atoms with Crippen LogP contribution < -0.4 is 4.74 Å². The second-order valence-corrected chi connectivity index (χ2v) is 4.70. The fourth-order valence-electron chi connectivity index (χ4n) is 1.76. The summed E-state index contributed by atoms with van der Waals surface area (Å²) in [6.45, 7) is 0. The molecule has 0 saturated heterocycles. The van der Waals surface area contributed by atoms with Crippen LogP contribution in [0.1, 0.15) is 10.5 Å². The number of aryl methyl sites for hydroxylation is 1. The first-order valence-electron chi connectivity index (χ1n) is 5.36. The Kier molecular flexibility index (Phi) is 3.76. The fraction of sp³-hybridized carbons (Fsp3) is 0.167. The van der Waals surface area contributed by atoms with E-state index in [0.29, 0.717) is 0 Å². The number of hydrogen-bond donors (Lipinski definition) is 1. The Morgan fingerprint density at radius 1 is 1.45 bits per heavy atom. The van der Waals surface area contributed by atoms with E-state index >= 15 is 0 Å². The third kappa shape index (κ3) is 2.26. The highest BCUT2D eigenvalue weighted by Crippen LogP contribution is 2.37. The van der Waals surface area contributed by atoms with Crippen molar-refractivity contribution in [1.29, 1.82) is 0 Å². The lowest BCUT2D eigenvalue weighted by Crippen LogP contribution is -2.01. The van der Waals surface area contributed by atoms with Gasteiger partial charge in [0.25, 0.3) is 0 Å². The number of carboxylic acids is 1. The van der Waals surface area contributed by atoms with Gasteiger partial charge in [-0.15, -0.1) is 0 Å². The smallest absolute Gasteiger partial charge is 0.356 e. The number of carboxylic acid groups (broad SMARTS) is 1. The molecule has 0 bridgehead atoms. The van der Waals surface area contributed by atoms with Crippen molar-refractivity contribution in [2.75, 3.05) is 7.11 Å². The van der Waals surface area contributed by atoms with Gasteiger partial charge in [-0.1, -0.05) is 0 Å². The van der Waals surface area contributed by atoms with Gasteiger partial charge in [-0.2, -0.15) is 5.10 Å². The molecule has 0 spiro atoms. The molecule has 0 aliphatic carbocycles. The van der Waals surface area contributed by atoms with Crippen molar-refractivity contribution in [1.82, 2.24) is 9.78 Å². The molecule has 0 unspecified atom stereocenters. The second-order valence-electron chi connectivity index (χ2n) is 3.91. The number of rotatable bonds is 3. The molecule has 106 valence electrons. The van der Waals surface area contributed by atoms with E-state index in [4.69, 9.17) is 9.84 Å². The van der Waals surface area contributed by atoms with Crippen molar-refractivity contribution in [3.05, 3.63) is 33.9 Å².